The summed E-state index contributed by atoms with van der Waals surface area (Å²) in [5.41, 5.74) is 0.527. The Morgan fingerprint density at radius 3 is 2.70 bits per heavy atom. The third-order valence-electron chi connectivity index (χ3n) is 2.77. The number of rotatable bonds is 3. The van der Waals surface area contributed by atoms with Crippen LogP contribution in [0.3, 0.4) is 0 Å². The fourth-order valence-electron chi connectivity index (χ4n) is 1.75. The molecule has 0 bridgehead atoms. The zero-order valence-electron chi connectivity index (χ0n) is 10.5. The number of amides is 1. The van der Waals surface area contributed by atoms with Crippen molar-refractivity contribution < 1.29 is 13.6 Å². The van der Waals surface area contributed by atoms with Crippen molar-refractivity contribution in [3.8, 4) is 0 Å². The minimum absolute atomic E-state index is 0.193. The van der Waals surface area contributed by atoms with Crippen molar-refractivity contribution in [3.05, 3.63) is 64.4 Å². The van der Waals surface area contributed by atoms with E-state index in [1.165, 1.54) is 24.4 Å². The zero-order valence-corrected chi connectivity index (χ0v) is 11.3. The average Bonchev–Trinajstić information content (AvgIpc) is 2.38. The lowest BCUT2D eigenvalue weighted by Crippen LogP contribution is -2.27. The molecule has 3 nitrogen and oxygen atoms in total. The van der Waals surface area contributed by atoms with Gasteiger partial charge in [-0.05, 0) is 25.1 Å². The van der Waals surface area contributed by atoms with Gasteiger partial charge in [0.2, 0.25) is 0 Å². The number of aromatic nitrogens is 1. The first-order valence-corrected chi connectivity index (χ1v) is 6.22. The maximum Gasteiger partial charge on any atom is 0.251 e. The van der Waals surface area contributed by atoms with Crippen molar-refractivity contribution in [3.63, 3.8) is 0 Å². The molecule has 20 heavy (non-hydrogen) atoms. The highest BCUT2D eigenvalue weighted by Crippen LogP contribution is 2.18. The molecule has 0 unspecified atom stereocenters. The van der Waals surface area contributed by atoms with E-state index in [-0.39, 0.29) is 10.7 Å². The number of halogens is 3. The van der Waals surface area contributed by atoms with E-state index >= 15 is 0 Å². The van der Waals surface area contributed by atoms with Crippen molar-refractivity contribution in [2.75, 3.05) is 0 Å². The number of nitrogens with one attached hydrogen (secondary N) is 1. The Morgan fingerprint density at radius 2 is 2.05 bits per heavy atom. The molecule has 0 aliphatic heterocycles. The van der Waals surface area contributed by atoms with Gasteiger partial charge in [-0.2, -0.15) is 0 Å². The third-order valence-corrected chi connectivity index (χ3v) is 2.97. The minimum Gasteiger partial charge on any atom is -0.345 e. The summed E-state index contributed by atoms with van der Waals surface area (Å²) in [6, 6.07) is 5.52. The predicted molar refractivity (Wildman–Crippen MR) is 71.5 cm³/mol. The Kier molecular flexibility index (Phi) is 4.29. The molecule has 6 heteroatoms. The SMILES string of the molecule is C[C@@H](NC(=O)c1ccnc(Cl)c1)c1ccc(F)cc1F. The van der Waals surface area contributed by atoms with Gasteiger partial charge in [-0.25, -0.2) is 13.8 Å². The van der Waals surface area contributed by atoms with Crippen LogP contribution in [0.5, 0.6) is 0 Å². The first kappa shape index (κ1) is 14.4. The van der Waals surface area contributed by atoms with Crippen molar-refractivity contribution in [1.82, 2.24) is 10.3 Å². The fourth-order valence-corrected chi connectivity index (χ4v) is 1.93. The molecule has 0 fully saturated rings. The Hall–Kier alpha value is -2.01. The van der Waals surface area contributed by atoms with Crippen LogP contribution in [0.4, 0.5) is 8.78 Å². The van der Waals surface area contributed by atoms with Crippen LogP contribution in [0.25, 0.3) is 0 Å². The van der Waals surface area contributed by atoms with E-state index in [9.17, 15) is 13.6 Å². The van der Waals surface area contributed by atoms with E-state index in [4.69, 9.17) is 11.6 Å². The standard InChI is InChI=1S/C14H11ClF2N2O/c1-8(11-3-2-10(16)7-12(11)17)19-14(20)9-4-5-18-13(15)6-9/h2-8H,1H3,(H,19,20)/t8-/m1/s1. The molecule has 2 aromatic rings. The maximum absolute atomic E-state index is 13.6. The third kappa shape index (κ3) is 3.30. The van der Waals surface area contributed by atoms with Crippen LogP contribution >= 0.6 is 11.6 Å². The number of carbonyl (C=O) groups is 1. The summed E-state index contributed by atoms with van der Waals surface area (Å²) in [7, 11) is 0. The number of nitrogens with zero attached hydrogens (tertiary/aromatic N) is 1. The maximum atomic E-state index is 13.6. The van der Waals surface area contributed by atoms with Crippen LogP contribution in [0.2, 0.25) is 5.15 Å². The van der Waals surface area contributed by atoms with Gasteiger partial charge in [-0.1, -0.05) is 17.7 Å². The van der Waals surface area contributed by atoms with Gasteiger partial charge in [0.05, 0.1) is 6.04 Å². The van der Waals surface area contributed by atoms with Crippen molar-refractivity contribution >= 4 is 17.5 Å². The molecule has 1 atom stereocenters. The smallest absolute Gasteiger partial charge is 0.251 e. The van der Waals surface area contributed by atoms with Gasteiger partial charge < -0.3 is 5.32 Å². The highest BCUT2D eigenvalue weighted by Gasteiger charge is 2.15. The van der Waals surface area contributed by atoms with Gasteiger partial charge in [-0.3, -0.25) is 4.79 Å². The van der Waals surface area contributed by atoms with Gasteiger partial charge in [0.15, 0.2) is 0 Å². The molecule has 0 saturated heterocycles. The van der Waals surface area contributed by atoms with Gasteiger partial charge in [0.1, 0.15) is 16.8 Å². The van der Waals surface area contributed by atoms with Crippen molar-refractivity contribution in [2.45, 2.75) is 13.0 Å². The quantitative estimate of drug-likeness (QED) is 0.881. The minimum atomic E-state index is -0.703. The van der Waals surface area contributed by atoms with E-state index in [1.807, 2.05) is 0 Å². The first-order chi connectivity index (χ1) is 9.47. The van der Waals surface area contributed by atoms with Crippen molar-refractivity contribution in [1.29, 1.82) is 0 Å². The Morgan fingerprint density at radius 1 is 1.30 bits per heavy atom. The lowest BCUT2D eigenvalue weighted by Gasteiger charge is -2.15. The molecule has 1 aromatic heterocycles. The van der Waals surface area contributed by atoms with Crippen LogP contribution in [0.15, 0.2) is 36.5 Å². The van der Waals surface area contributed by atoms with Gasteiger partial charge in [0, 0.05) is 23.4 Å². The molecular formula is C14H11ClF2N2O. The second kappa shape index (κ2) is 5.96. The summed E-state index contributed by atoms with van der Waals surface area (Å²) < 4.78 is 26.4. The molecule has 1 aromatic carbocycles. The van der Waals surface area contributed by atoms with Gasteiger partial charge in [-0.15, -0.1) is 0 Å². The highest BCUT2D eigenvalue weighted by molar-refractivity contribution is 6.29. The van der Waals surface area contributed by atoms with E-state index < -0.39 is 23.6 Å². The van der Waals surface area contributed by atoms with E-state index in [2.05, 4.69) is 10.3 Å². The van der Waals surface area contributed by atoms with Gasteiger partial charge >= 0.3 is 0 Å². The zero-order chi connectivity index (χ0) is 14.7. The molecule has 0 aliphatic rings. The Balaban J connectivity index is 2.15. The summed E-state index contributed by atoms with van der Waals surface area (Å²) in [6.45, 7) is 1.61. The lowest BCUT2D eigenvalue weighted by molar-refractivity contribution is 0.0939. The summed E-state index contributed by atoms with van der Waals surface area (Å²) in [4.78, 5) is 15.7. The molecule has 0 radical (unpaired) electrons. The second-order valence-electron chi connectivity index (χ2n) is 4.23. The normalized spacial score (nSPS) is 12.0. The molecule has 1 amide bonds. The predicted octanol–water partition coefficient (Wildman–Crippen LogP) is 3.50. The molecule has 1 heterocycles. The molecule has 1 N–H and O–H groups in total. The van der Waals surface area contributed by atoms with Crippen LogP contribution in [0.1, 0.15) is 28.9 Å². The number of hydrogen-bond acceptors (Lipinski definition) is 2. The first-order valence-electron chi connectivity index (χ1n) is 5.84. The Bertz CT molecular complexity index is 649. The highest BCUT2D eigenvalue weighted by atomic mass is 35.5. The van der Waals surface area contributed by atoms with Crippen LogP contribution in [0, 0.1) is 11.6 Å². The molecule has 0 spiro atoms. The molecule has 0 aliphatic carbocycles. The number of pyridine rings is 1. The largest absolute Gasteiger partial charge is 0.345 e. The monoisotopic (exact) mass is 296 g/mol. The molecule has 104 valence electrons. The van der Waals surface area contributed by atoms with Crippen LogP contribution in [-0.4, -0.2) is 10.9 Å². The number of hydrogen-bond donors (Lipinski definition) is 1. The van der Waals surface area contributed by atoms with E-state index in [1.54, 1.807) is 6.92 Å². The second-order valence-corrected chi connectivity index (χ2v) is 4.62. The molecule has 2 rings (SSSR count). The summed E-state index contributed by atoms with van der Waals surface area (Å²) in [5, 5.41) is 2.81. The lowest BCUT2D eigenvalue weighted by atomic mass is 10.1. The van der Waals surface area contributed by atoms with Crippen LogP contribution < -0.4 is 5.32 Å². The fraction of sp³-hybridized carbons (Fsp3) is 0.143. The summed E-state index contributed by atoms with van der Waals surface area (Å²) in [6.07, 6.45) is 1.40. The summed E-state index contributed by atoms with van der Waals surface area (Å²) in [5.74, 6) is -1.78. The van der Waals surface area contributed by atoms with E-state index in [0.29, 0.717) is 5.56 Å². The van der Waals surface area contributed by atoms with E-state index in [0.717, 1.165) is 12.1 Å². The summed E-state index contributed by atoms with van der Waals surface area (Å²) >= 11 is 5.69. The number of benzene rings is 1. The number of carbonyl (C=O) groups excluding carboxylic acids is 1. The Labute approximate surface area is 119 Å². The van der Waals surface area contributed by atoms with Crippen LogP contribution in [-0.2, 0) is 0 Å². The molecular weight excluding hydrogens is 286 g/mol. The molecule has 0 saturated carbocycles. The van der Waals surface area contributed by atoms with Gasteiger partial charge in [0.25, 0.3) is 5.91 Å². The topological polar surface area (TPSA) is 42.0 Å². The average molecular weight is 297 g/mol. The van der Waals surface area contributed by atoms with Crippen molar-refractivity contribution in [2.24, 2.45) is 0 Å².